The quantitative estimate of drug-likeness (QED) is 0.767. The molecule has 1 aromatic carbocycles. The zero-order chi connectivity index (χ0) is 13.2. The van der Waals surface area contributed by atoms with Crippen LogP contribution in [0.4, 0.5) is 0 Å². The van der Waals surface area contributed by atoms with E-state index < -0.39 is 0 Å². The lowest BCUT2D eigenvalue weighted by Crippen LogP contribution is -2.46. The maximum absolute atomic E-state index is 3.48. The first-order chi connectivity index (χ1) is 8.45. The van der Waals surface area contributed by atoms with Crippen molar-refractivity contribution in [1.82, 2.24) is 4.90 Å². The van der Waals surface area contributed by atoms with Crippen LogP contribution in [0.5, 0.6) is 0 Å². The normalized spacial score (nSPS) is 19.1. The number of rotatable bonds is 2. The van der Waals surface area contributed by atoms with E-state index in [2.05, 4.69) is 65.9 Å². The molecule has 0 aliphatic carbocycles. The molecule has 1 heterocycles. The molecular weight excluding hydrogens is 306 g/mol. The highest BCUT2D eigenvalue weighted by Crippen LogP contribution is 2.32. The summed E-state index contributed by atoms with van der Waals surface area (Å²) in [4.78, 5) is 4.00. The summed E-state index contributed by atoms with van der Waals surface area (Å²) in [6.07, 6.45) is 2.61. The van der Waals surface area contributed by atoms with Crippen LogP contribution in [0, 0.1) is 0 Å². The summed E-state index contributed by atoms with van der Waals surface area (Å²) in [5.41, 5.74) is 0.327. The predicted molar refractivity (Wildman–Crippen MR) is 84.3 cm³/mol. The van der Waals surface area contributed by atoms with E-state index in [0.29, 0.717) is 5.54 Å². The highest BCUT2D eigenvalue weighted by atomic mass is 79.9. The topological polar surface area (TPSA) is 3.24 Å². The highest BCUT2D eigenvalue weighted by molar-refractivity contribution is 9.10. The van der Waals surface area contributed by atoms with Gasteiger partial charge in [-0.3, -0.25) is 4.90 Å². The molecule has 1 nitrogen and oxygen atoms in total. The summed E-state index contributed by atoms with van der Waals surface area (Å²) >= 11 is 5.52. The fourth-order valence-electron chi connectivity index (χ4n) is 2.35. The van der Waals surface area contributed by atoms with Crippen LogP contribution >= 0.6 is 27.7 Å². The lowest BCUT2D eigenvalue weighted by molar-refractivity contribution is 0.113. The van der Waals surface area contributed by atoms with Gasteiger partial charge in [-0.05, 0) is 71.0 Å². The van der Waals surface area contributed by atoms with E-state index in [1.807, 2.05) is 11.8 Å². The van der Waals surface area contributed by atoms with E-state index in [1.54, 1.807) is 0 Å². The van der Waals surface area contributed by atoms with Crippen molar-refractivity contribution in [1.29, 1.82) is 0 Å². The predicted octanol–water partition coefficient (Wildman–Crippen LogP) is 4.80. The van der Waals surface area contributed by atoms with E-state index in [-0.39, 0.29) is 0 Å². The third-order valence-corrected chi connectivity index (χ3v) is 5.38. The lowest BCUT2D eigenvalue weighted by atomic mass is 10.0. The van der Waals surface area contributed by atoms with E-state index in [9.17, 15) is 0 Å². The first-order valence-corrected chi connectivity index (χ1v) is 8.30. The number of likely N-dealkylation sites (tertiary alicyclic amines) is 1. The Balaban J connectivity index is 1.85. The molecule has 1 aliphatic rings. The first kappa shape index (κ1) is 14.4. The number of hydrogen-bond acceptors (Lipinski definition) is 2. The fourth-order valence-corrected chi connectivity index (χ4v) is 3.74. The van der Waals surface area contributed by atoms with Gasteiger partial charge < -0.3 is 0 Å². The average Bonchev–Trinajstić information content (AvgIpc) is 2.32. The number of nitrogens with zero attached hydrogens (tertiary/aromatic N) is 1. The fraction of sp³-hybridized carbons (Fsp3) is 0.600. The number of hydrogen-bond donors (Lipinski definition) is 0. The molecule has 1 saturated heterocycles. The van der Waals surface area contributed by atoms with Crippen molar-refractivity contribution < 1.29 is 0 Å². The molecule has 100 valence electrons. The Labute approximate surface area is 123 Å². The van der Waals surface area contributed by atoms with Gasteiger partial charge in [0.1, 0.15) is 0 Å². The Morgan fingerprint density at radius 1 is 1.11 bits per heavy atom. The van der Waals surface area contributed by atoms with Gasteiger partial charge in [0.15, 0.2) is 0 Å². The summed E-state index contributed by atoms with van der Waals surface area (Å²) in [5.74, 6) is 0. The summed E-state index contributed by atoms with van der Waals surface area (Å²) < 4.78 is 1.16. The zero-order valence-electron chi connectivity index (χ0n) is 11.4. The van der Waals surface area contributed by atoms with Crippen LogP contribution in [0.2, 0.25) is 0 Å². The second-order valence-electron chi connectivity index (χ2n) is 5.93. The molecule has 0 amide bonds. The van der Waals surface area contributed by atoms with Crippen molar-refractivity contribution in [3.05, 3.63) is 28.7 Å². The van der Waals surface area contributed by atoms with Gasteiger partial charge in [-0.25, -0.2) is 0 Å². The van der Waals surface area contributed by atoms with Crippen LogP contribution in [0.25, 0.3) is 0 Å². The summed E-state index contributed by atoms with van der Waals surface area (Å²) in [7, 11) is 0. The van der Waals surface area contributed by atoms with Gasteiger partial charge in [0.25, 0.3) is 0 Å². The standard InChI is InChI=1S/C15H22BrNS/c1-15(2,3)17-10-8-14(9-11-17)18-13-6-4-12(16)5-7-13/h4-7,14H,8-11H2,1-3H3. The number of thioether (sulfide) groups is 1. The Morgan fingerprint density at radius 3 is 2.17 bits per heavy atom. The lowest BCUT2D eigenvalue weighted by Gasteiger charge is -2.40. The Hall–Kier alpha value is 0.01000. The number of halogens is 1. The van der Waals surface area contributed by atoms with Crippen LogP contribution < -0.4 is 0 Å². The molecule has 0 atom stereocenters. The molecule has 0 radical (unpaired) electrons. The minimum atomic E-state index is 0.327. The monoisotopic (exact) mass is 327 g/mol. The number of piperidine rings is 1. The van der Waals surface area contributed by atoms with Crippen molar-refractivity contribution in [3.8, 4) is 0 Å². The maximum Gasteiger partial charge on any atom is 0.0176 e. The molecule has 0 unspecified atom stereocenters. The highest BCUT2D eigenvalue weighted by Gasteiger charge is 2.27. The molecule has 3 heteroatoms. The smallest absolute Gasteiger partial charge is 0.0176 e. The molecule has 1 aliphatic heterocycles. The van der Waals surface area contributed by atoms with E-state index >= 15 is 0 Å². The van der Waals surface area contributed by atoms with Crippen LogP contribution in [0.3, 0.4) is 0 Å². The van der Waals surface area contributed by atoms with Crippen molar-refractivity contribution in [2.75, 3.05) is 13.1 Å². The van der Waals surface area contributed by atoms with Gasteiger partial charge in [0, 0.05) is 20.2 Å². The van der Waals surface area contributed by atoms with Crippen LogP contribution in [-0.2, 0) is 0 Å². The molecule has 0 aromatic heterocycles. The molecule has 1 fully saturated rings. The van der Waals surface area contributed by atoms with Crippen LogP contribution in [0.15, 0.2) is 33.6 Å². The van der Waals surface area contributed by atoms with E-state index in [0.717, 1.165) is 9.72 Å². The largest absolute Gasteiger partial charge is 0.298 e. The van der Waals surface area contributed by atoms with Gasteiger partial charge in [-0.2, -0.15) is 0 Å². The Morgan fingerprint density at radius 2 is 1.67 bits per heavy atom. The average molecular weight is 328 g/mol. The van der Waals surface area contributed by atoms with Gasteiger partial charge in [0.2, 0.25) is 0 Å². The second-order valence-corrected chi connectivity index (χ2v) is 8.22. The molecule has 0 spiro atoms. The molecule has 0 N–H and O–H groups in total. The minimum Gasteiger partial charge on any atom is -0.298 e. The van der Waals surface area contributed by atoms with Crippen molar-refractivity contribution in [2.45, 2.75) is 49.3 Å². The van der Waals surface area contributed by atoms with Gasteiger partial charge in [-0.1, -0.05) is 15.9 Å². The van der Waals surface area contributed by atoms with Crippen LogP contribution in [0.1, 0.15) is 33.6 Å². The third-order valence-electron chi connectivity index (χ3n) is 3.51. The summed E-state index contributed by atoms with van der Waals surface area (Å²) in [5, 5.41) is 0.782. The molecule has 0 bridgehead atoms. The van der Waals surface area contributed by atoms with Crippen molar-refractivity contribution >= 4 is 27.7 Å². The minimum absolute atomic E-state index is 0.327. The van der Waals surface area contributed by atoms with E-state index in [4.69, 9.17) is 0 Å². The van der Waals surface area contributed by atoms with E-state index in [1.165, 1.54) is 30.8 Å². The zero-order valence-corrected chi connectivity index (χ0v) is 13.9. The first-order valence-electron chi connectivity index (χ1n) is 6.62. The van der Waals surface area contributed by atoms with Crippen molar-refractivity contribution in [2.24, 2.45) is 0 Å². The van der Waals surface area contributed by atoms with Crippen molar-refractivity contribution in [3.63, 3.8) is 0 Å². The van der Waals surface area contributed by atoms with Gasteiger partial charge >= 0.3 is 0 Å². The number of benzene rings is 1. The maximum atomic E-state index is 3.48. The SMILES string of the molecule is CC(C)(C)N1CCC(Sc2ccc(Br)cc2)CC1. The van der Waals surface area contributed by atoms with Crippen LogP contribution in [-0.4, -0.2) is 28.8 Å². The molecule has 2 rings (SSSR count). The van der Waals surface area contributed by atoms with Gasteiger partial charge in [-0.15, -0.1) is 11.8 Å². The Bertz CT molecular complexity index is 374. The summed E-state index contributed by atoms with van der Waals surface area (Å²) in [6, 6.07) is 8.69. The van der Waals surface area contributed by atoms with Gasteiger partial charge in [0.05, 0.1) is 0 Å². The molecule has 1 aromatic rings. The Kier molecular flexibility index (Phi) is 4.79. The summed E-state index contributed by atoms with van der Waals surface area (Å²) in [6.45, 7) is 9.41. The molecule has 18 heavy (non-hydrogen) atoms. The second kappa shape index (κ2) is 5.98. The third kappa shape index (κ3) is 4.01. The molecular formula is C15H22BrNS. The molecule has 0 saturated carbocycles.